The van der Waals surface area contributed by atoms with Gasteiger partial charge in [-0.15, -0.1) is 0 Å². The van der Waals surface area contributed by atoms with Gasteiger partial charge >= 0.3 is 7.48 Å². The molecule has 1 radical (unpaired) electrons. The van der Waals surface area contributed by atoms with Crippen LogP contribution in [-0.2, 0) is 4.65 Å². The first-order chi connectivity index (χ1) is 11.3. The molecule has 1 aromatic heterocycles. The molecule has 1 N–H and O–H groups in total. The largest absolute Gasteiger partial charge is 0.443 e. The van der Waals surface area contributed by atoms with Gasteiger partial charge in [0.15, 0.2) is 12.0 Å². The van der Waals surface area contributed by atoms with Gasteiger partial charge in [-0.25, -0.2) is 4.98 Å². The summed E-state index contributed by atoms with van der Waals surface area (Å²) >= 11 is 0. The van der Waals surface area contributed by atoms with E-state index < -0.39 is 11.2 Å². The maximum Gasteiger partial charge on any atom is 0.330 e. The molecule has 0 fully saturated rings. The highest BCUT2D eigenvalue weighted by atomic mass is 16.5. The van der Waals surface area contributed by atoms with Crippen LogP contribution < -0.4 is 5.46 Å². The molecule has 123 valence electrons. The zero-order valence-electron chi connectivity index (χ0n) is 14.4. The van der Waals surface area contributed by atoms with E-state index in [2.05, 4.69) is 4.98 Å². The second kappa shape index (κ2) is 6.08. The van der Waals surface area contributed by atoms with Crippen LogP contribution in [0.15, 0.2) is 53.3 Å². The zero-order valence-corrected chi connectivity index (χ0v) is 14.4. The van der Waals surface area contributed by atoms with Crippen LogP contribution in [0.5, 0.6) is 0 Å². The number of hydrogen-bond donors (Lipinski definition) is 1. The second-order valence-electron chi connectivity index (χ2n) is 6.97. The average Bonchev–Trinajstić information content (AvgIpc) is 3.00. The van der Waals surface area contributed by atoms with Crippen molar-refractivity contribution in [2.24, 2.45) is 0 Å². The van der Waals surface area contributed by atoms with Gasteiger partial charge in [-0.1, -0.05) is 35.8 Å². The van der Waals surface area contributed by atoms with Crippen LogP contribution in [-0.4, -0.2) is 28.8 Å². The summed E-state index contributed by atoms with van der Waals surface area (Å²) in [6.45, 7) is 7.21. The van der Waals surface area contributed by atoms with Gasteiger partial charge in [-0.3, -0.25) is 0 Å². The van der Waals surface area contributed by atoms with Crippen LogP contribution in [0.1, 0.15) is 27.7 Å². The molecule has 0 unspecified atom stereocenters. The van der Waals surface area contributed by atoms with E-state index in [0.29, 0.717) is 0 Å². The fraction of sp³-hybridized carbons (Fsp3) is 0.316. The van der Waals surface area contributed by atoms with E-state index in [4.69, 9.17) is 9.07 Å². The Morgan fingerprint density at radius 2 is 1.79 bits per heavy atom. The molecule has 2 aromatic carbocycles. The Balaban J connectivity index is 1.81. The minimum absolute atomic E-state index is 0.693. The summed E-state index contributed by atoms with van der Waals surface area (Å²) in [7, 11) is 1.69. The number of rotatable bonds is 5. The second-order valence-corrected chi connectivity index (χ2v) is 6.97. The van der Waals surface area contributed by atoms with E-state index in [-0.39, 0.29) is 0 Å². The molecule has 3 rings (SSSR count). The van der Waals surface area contributed by atoms with Crippen molar-refractivity contribution in [3.05, 3.63) is 48.9 Å². The Labute approximate surface area is 142 Å². The van der Waals surface area contributed by atoms with E-state index in [1.54, 1.807) is 21.3 Å². The van der Waals surface area contributed by atoms with Crippen molar-refractivity contribution < 1.29 is 14.2 Å². The van der Waals surface area contributed by atoms with Crippen LogP contribution in [0.2, 0.25) is 0 Å². The van der Waals surface area contributed by atoms with E-state index in [9.17, 15) is 5.11 Å². The third-order valence-corrected chi connectivity index (χ3v) is 4.51. The van der Waals surface area contributed by atoms with Gasteiger partial charge in [0.2, 0.25) is 0 Å². The molecule has 0 atom stereocenters. The highest BCUT2D eigenvalue weighted by Crippen LogP contribution is 2.25. The molecule has 4 nitrogen and oxygen atoms in total. The first-order valence-corrected chi connectivity index (χ1v) is 7.93. The molecular weight excluding hydrogens is 301 g/mol. The smallest absolute Gasteiger partial charge is 0.330 e. The Morgan fingerprint density at radius 1 is 1.04 bits per heavy atom. The van der Waals surface area contributed by atoms with Gasteiger partial charge in [0.05, 0.1) is 11.2 Å². The lowest BCUT2D eigenvalue weighted by molar-refractivity contribution is -0.0893. The van der Waals surface area contributed by atoms with Crippen LogP contribution in [0, 0.1) is 0 Å². The van der Waals surface area contributed by atoms with Gasteiger partial charge in [0, 0.05) is 0 Å². The minimum Gasteiger partial charge on any atom is -0.443 e. The minimum atomic E-state index is -0.946. The number of oxazole rings is 1. The van der Waals surface area contributed by atoms with Crippen molar-refractivity contribution >= 4 is 24.0 Å². The molecule has 1 heterocycles. The summed E-state index contributed by atoms with van der Waals surface area (Å²) in [5.41, 5.74) is 3.02. The Hall–Kier alpha value is -2.11. The number of nitrogens with zero attached hydrogens (tertiary/aromatic N) is 1. The lowest BCUT2D eigenvalue weighted by atomic mass is 9.81. The van der Waals surface area contributed by atoms with E-state index in [1.165, 1.54) is 6.39 Å². The Kier molecular flexibility index (Phi) is 4.24. The maximum atomic E-state index is 10.2. The molecule has 0 aliphatic rings. The first-order valence-electron chi connectivity index (χ1n) is 7.93. The number of aliphatic hydroxyl groups is 1. The summed E-state index contributed by atoms with van der Waals surface area (Å²) in [4.78, 5) is 4.13. The molecule has 0 spiro atoms. The van der Waals surface area contributed by atoms with Crippen molar-refractivity contribution in [3.8, 4) is 11.1 Å². The van der Waals surface area contributed by atoms with Crippen molar-refractivity contribution in [2.75, 3.05) is 0 Å². The SMILES string of the molecule is CC(C)(O)C(C)(C)O[B]c1cccc(-c2ccc3ncoc3c2)c1. The van der Waals surface area contributed by atoms with Gasteiger partial charge in [-0.2, -0.15) is 0 Å². The molecule has 0 bridgehead atoms. The molecule has 0 aliphatic carbocycles. The lowest BCUT2D eigenvalue weighted by Gasteiger charge is -2.37. The topological polar surface area (TPSA) is 55.5 Å². The quantitative estimate of drug-likeness (QED) is 0.732. The van der Waals surface area contributed by atoms with Crippen molar-refractivity contribution in [3.63, 3.8) is 0 Å². The van der Waals surface area contributed by atoms with Crippen LogP contribution in [0.4, 0.5) is 0 Å². The standard InChI is InChI=1S/C19H21BNO3/c1-18(2,22)19(3,4)24-20-15-7-5-6-13(10-15)14-8-9-16-17(11-14)23-12-21-16/h5-12,22H,1-4H3. The number of aromatic nitrogens is 1. The predicted octanol–water partition coefficient (Wildman–Crippen LogP) is 3.31. The summed E-state index contributed by atoms with van der Waals surface area (Å²) in [6.07, 6.45) is 1.45. The first kappa shape index (κ1) is 16.7. The van der Waals surface area contributed by atoms with E-state index >= 15 is 0 Å². The highest BCUT2D eigenvalue weighted by Gasteiger charge is 2.35. The van der Waals surface area contributed by atoms with E-state index in [1.807, 2.05) is 56.3 Å². The van der Waals surface area contributed by atoms with Gasteiger partial charge < -0.3 is 14.2 Å². The van der Waals surface area contributed by atoms with Crippen LogP contribution in [0.25, 0.3) is 22.2 Å². The predicted molar refractivity (Wildman–Crippen MR) is 96.3 cm³/mol. The molecule has 5 heteroatoms. The highest BCUT2D eigenvalue weighted by molar-refractivity contribution is 6.47. The zero-order chi connectivity index (χ0) is 17.4. The third-order valence-electron chi connectivity index (χ3n) is 4.51. The summed E-state index contributed by atoms with van der Waals surface area (Å²) in [5, 5.41) is 10.2. The lowest BCUT2D eigenvalue weighted by Crippen LogP contribution is -2.49. The van der Waals surface area contributed by atoms with Crippen molar-refractivity contribution in [1.82, 2.24) is 4.98 Å². The molecular formula is C19H21BNO3. The number of fused-ring (bicyclic) bond motifs is 1. The monoisotopic (exact) mass is 322 g/mol. The normalized spacial score (nSPS) is 12.5. The fourth-order valence-electron chi connectivity index (χ4n) is 2.19. The average molecular weight is 322 g/mol. The van der Waals surface area contributed by atoms with Crippen molar-refractivity contribution in [1.29, 1.82) is 0 Å². The molecule has 0 saturated carbocycles. The molecule has 0 saturated heterocycles. The van der Waals surface area contributed by atoms with Gasteiger partial charge in [0.1, 0.15) is 5.52 Å². The Bertz CT molecular complexity index is 849. The molecule has 24 heavy (non-hydrogen) atoms. The molecule has 0 amide bonds. The summed E-state index contributed by atoms with van der Waals surface area (Å²) < 4.78 is 11.2. The number of benzene rings is 2. The summed E-state index contributed by atoms with van der Waals surface area (Å²) in [6, 6.07) is 14.0. The van der Waals surface area contributed by atoms with Gasteiger partial charge in [-0.05, 0) is 51.0 Å². The van der Waals surface area contributed by atoms with Gasteiger partial charge in [0.25, 0.3) is 0 Å². The van der Waals surface area contributed by atoms with E-state index in [0.717, 1.165) is 27.7 Å². The van der Waals surface area contributed by atoms with Crippen LogP contribution in [0.3, 0.4) is 0 Å². The molecule has 3 aromatic rings. The number of hydrogen-bond acceptors (Lipinski definition) is 4. The Morgan fingerprint density at radius 3 is 2.54 bits per heavy atom. The van der Waals surface area contributed by atoms with Crippen LogP contribution >= 0.6 is 0 Å². The molecule has 0 aliphatic heterocycles. The van der Waals surface area contributed by atoms with Crippen molar-refractivity contribution in [2.45, 2.75) is 38.9 Å². The maximum absolute atomic E-state index is 10.2. The fourth-order valence-corrected chi connectivity index (χ4v) is 2.19. The summed E-state index contributed by atoms with van der Waals surface area (Å²) in [5.74, 6) is 0. The third kappa shape index (κ3) is 3.37.